The van der Waals surface area contributed by atoms with Crippen LogP contribution in [-0.2, 0) is 9.47 Å². The Balaban J connectivity index is 0.000000191. The average Bonchev–Trinajstić information content (AvgIpc) is 3.44. The van der Waals surface area contributed by atoms with Crippen LogP contribution in [0.15, 0.2) is 49.3 Å². The third-order valence-electron chi connectivity index (χ3n) is 4.19. The number of nitrogen functional groups attached to an aromatic ring is 2. The van der Waals surface area contributed by atoms with E-state index in [9.17, 15) is 9.59 Å². The van der Waals surface area contributed by atoms with Crippen LogP contribution in [0.2, 0.25) is 0 Å². The van der Waals surface area contributed by atoms with E-state index >= 15 is 0 Å². The molecule has 0 amide bonds. The number of aromatic nitrogens is 8. The maximum Gasteiger partial charge on any atom is 0.343 e. The summed E-state index contributed by atoms with van der Waals surface area (Å²) in [6.07, 6.45) is 8.93. The number of nitrogens with zero attached hydrogens (tertiary/aromatic N) is 8. The third kappa shape index (κ3) is 5.48. The van der Waals surface area contributed by atoms with Crippen LogP contribution in [0.5, 0.6) is 0 Å². The number of carbonyl (C=O) groups excluding carboxylic acids is 2. The van der Waals surface area contributed by atoms with Gasteiger partial charge in [0.25, 0.3) is 0 Å². The maximum atomic E-state index is 11.5. The lowest BCUT2D eigenvalue weighted by molar-refractivity contribution is 0.0518. The summed E-state index contributed by atoms with van der Waals surface area (Å²) < 4.78 is 12.6. The van der Waals surface area contributed by atoms with E-state index in [0.29, 0.717) is 24.6 Å². The molecule has 14 nitrogen and oxygen atoms in total. The van der Waals surface area contributed by atoms with Crippen molar-refractivity contribution in [2.75, 3.05) is 24.7 Å². The van der Waals surface area contributed by atoms with Crippen molar-refractivity contribution in [2.24, 2.45) is 0 Å². The standard InChI is InChI=1S/2C10H11N5O2/c1-2-17-10(16)8-6-15(14-9(8)11)7-3-4-12-13-5-7;1-2-17-10(16)8-6-14-15(9(8)11)7-3-4-12-13-5-7/h3-6H,2H2,1H3,(H2,11,14);3-6H,2,11H2,1H3. The number of carbonyl (C=O) groups is 2. The molecule has 0 aliphatic rings. The van der Waals surface area contributed by atoms with Gasteiger partial charge in [-0.25, -0.2) is 19.0 Å². The van der Waals surface area contributed by atoms with E-state index in [1.54, 1.807) is 26.0 Å². The first-order valence-electron chi connectivity index (χ1n) is 10.0. The number of hydrogen-bond acceptors (Lipinski definition) is 12. The first-order chi connectivity index (χ1) is 16.5. The molecule has 4 aromatic heterocycles. The van der Waals surface area contributed by atoms with Gasteiger partial charge in [-0.15, -0.1) is 5.10 Å². The van der Waals surface area contributed by atoms with Crippen molar-refractivity contribution in [3.8, 4) is 11.4 Å². The first kappa shape index (κ1) is 23.8. The van der Waals surface area contributed by atoms with Gasteiger partial charge in [-0.1, -0.05) is 0 Å². The highest BCUT2D eigenvalue weighted by Crippen LogP contribution is 2.17. The molecule has 34 heavy (non-hydrogen) atoms. The van der Waals surface area contributed by atoms with Crippen LogP contribution in [0.4, 0.5) is 11.6 Å². The van der Waals surface area contributed by atoms with Crippen molar-refractivity contribution in [3.05, 3.63) is 60.4 Å². The average molecular weight is 466 g/mol. The molecule has 0 saturated carbocycles. The third-order valence-corrected chi connectivity index (χ3v) is 4.19. The summed E-state index contributed by atoms with van der Waals surface area (Å²) >= 11 is 0. The molecule has 0 saturated heterocycles. The quantitative estimate of drug-likeness (QED) is 0.381. The van der Waals surface area contributed by atoms with Crippen molar-refractivity contribution in [3.63, 3.8) is 0 Å². The molecule has 0 fully saturated rings. The van der Waals surface area contributed by atoms with E-state index in [4.69, 9.17) is 20.9 Å². The SMILES string of the molecule is CCOC(=O)c1cn(-c2ccnnc2)nc1N.CCOC(=O)c1cnn(-c2ccnnc2)c1N. The second-order valence-electron chi connectivity index (χ2n) is 6.37. The lowest BCUT2D eigenvalue weighted by atomic mass is 10.3. The Labute approximate surface area is 193 Å². The predicted octanol–water partition coefficient (Wildman–Crippen LogP) is 0.842. The second-order valence-corrected chi connectivity index (χ2v) is 6.37. The summed E-state index contributed by atoms with van der Waals surface area (Å²) in [5, 5.41) is 22.7. The summed E-state index contributed by atoms with van der Waals surface area (Å²) in [4.78, 5) is 23.1. The predicted molar refractivity (Wildman–Crippen MR) is 119 cm³/mol. The minimum absolute atomic E-state index is 0.125. The number of esters is 2. The second kappa shape index (κ2) is 11.1. The van der Waals surface area contributed by atoms with Crippen molar-refractivity contribution in [2.45, 2.75) is 13.8 Å². The van der Waals surface area contributed by atoms with Gasteiger partial charge in [-0.2, -0.15) is 25.5 Å². The highest BCUT2D eigenvalue weighted by atomic mass is 16.5. The fraction of sp³-hybridized carbons (Fsp3) is 0.200. The van der Waals surface area contributed by atoms with Crippen molar-refractivity contribution >= 4 is 23.6 Å². The Bertz CT molecular complexity index is 1220. The Morgan fingerprint density at radius 2 is 1.44 bits per heavy atom. The van der Waals surface area contributed by atoms with Crippen molar-refractivity contribution in [1.82, 2.24) is 40.0 Å². The summed E-state index contributed by atoms with van der Waals surface area (Å²) in [5.74, 6) is -0.631. The molecule has 176 valence electrons. The lowest BCUT2D eigenvalue weighted by Crippen LogP contribution is -2.09. The fourth-order valence-electron chi connectivity index (χ4n) is 2.64. The van der Waals surface area contributed by atoms with Gasteiger partial charge < -0.3 is 20.9 Å². The molecule has 0 aliphatic carbocycles. The Morgan fingerprint density at radius 3 is 2.00 bits per heavy atom. The van der Waals surface area contributed by atoms with Gasteiger partial charge in [-0.3, -0.25) is 0 Å². The Morgan fingerprint density at radius 1 is 0.853 bits per heavy atom. The molecule has 4 aromatic rings. The number of rotatable bonds is 6. The zero-order valence-corrected chi connectivity index (χ0v) is 18.4. The molecule has 0 unspecified atom stereocenters. The van der Waals surface area contributed by atoms with E-state index in [0.717, 1.165) is 0 Å². The fourth-order valence-corrected chi connectivity index (χ4v) is 2.64. The van der Waals surface area contributed by atoms with Crippen molar-refractivity contribution < 1.29 is 19.1 Å². The topological polar surface area (TPSA) is 192 Å². The molecule has 4 N–H and O–H groups in total. The monoisotopic (exact) mass is 466 g/mol. The van der Waals surface area contributed by atoms with Crippen LogP contribution in [0.3, 0.4) is 0 Å². The van der Waals surface area contributed by atoms with Crippen LogP contribution in [0.1, 0.15) is 34.6 Å². The molecule has 0 aliphatic heterocycles. The van der Waals surface area contributed by atoms with Crippen LogP contribution in [-0.4, -0.2) is 65.1 Å². The molecule has 0 atom stereocenters. The van der Waals surface area contributed by atoms with Crippen LogP contribution in [0, 0.1) is 0 Å². The summed E-state index contributed by atoms with van der Waals surface area (Å²) in [7, 11) is 0. The van der Waals surface area contributed by atoms with Gasteiger partial charge in [0.15, 0.2) is 5.82 Å². The largest absolute Gasteiger partial charge is 0.462 e. The maximum absolute atomic E-state index is 11.5. The van der Waals surface area contributed by atoms with Gasteiger partial charge in [-0.05, 0) is 26.0 Å². The van der Waals surface area contributed by atoms with Gasteiger partial charge in [0.1, 0.15) is 16.9 Å². The van der Waals surface area contributed by atoms with E-state index in [2.05, 4.69) is 30.6 Å². The normalized spacial score (nSPS) is 10.2. The minimum Gasteiger partial charge on any atom is -0.462 e. The Hall–Kier alpha value is -4.88. The van der Waals surface area contributed by atoms with Crippen LogP contribution in [0.25, 0.3) is 11.4 Å². The molecular weight excluding hydrogens is 444 g/mol. The number of nitrogens with two attached hydrogens (primary N) is 2. The van der Waals surface area contributed by atoms with E-state index in [1.807, 2.05) is 0 Å². The summed E-state index contributed by atoms with van der Waals surface area (Å²) in [6, 6.07) is 3.39. The minimum atomic E-state index is -0.488. The Kier molecular flexibility index (Phi) is 7.78. The zero-order chi connectivity index (χ0) is 24.5. The van der Waals surface area contributed by atoms with Gasteiger partial charge in [0.05, 0.1) is 55.6 Å². The van der Waals surface area contributed by atoms with Gasteiger partial charge in [0, 0.05) is 6.20 Å². The molecule has 4 heterocycles. The first-order valence-corrected chi connectivity index (χ1v) is 10.0. The molecule has 4 rings (SSSR count). The molecule has 0 aromatic carbocycles. The van der Waals surface area contributed by atoms with E-state index in [-0.39, 0.29) is 22.8 Å². The van der Waals surface area contributed by atoms with E-state index < -0.39 is 11.9 Å². The molecule has 0 bridgehead atoms. The van der Waals surface area contributed by atoms with Crippen LogP contribution >= 0.6 is 0 Å². The number of hydrogen-bond donors (Lipinski definition) is 2. The highest BCUT2D eigenvalue weighted by molar-refractivity contribution is 5.94. The number of ether oxygens (including phenoxy) is 2. The van der Waals surface area contributed by atoms with Crippen molar-refractivity contribution in [1.29, 1.82) is 0 Å². The smallest absolute Gasteiger partial charge is 0.343 e. The lowest BCUT2D eigenvalue weighted by Gasteiger charge is -2.03. The molecule has 0 radical (unpaired) electrons. The molecule has 14 heteroatoms. The van der Waals surface area contributed by atoms with Gasteiger partial charge >= 0.3 is 11.9 Å². The van der Waals surface area contributed by atoms with E-state index in [1.165, 1.54) is 46.5 Å². The zero-order valence-electron chi connectivity index (χ0n) is 18.4. The summed E-state index contributed by atoms with van der Waals surface area (Å²) in [6.45, 7) is 4.04. The van der Waals surface area contributed by atoms with Gasteiger partial charge in [0.2, 0.25) is 0 Å². The summed E-state index contributed by atoms with van der Waals surface area (Å²) in [5.41, 5.74) is 13.2. The number of anilines is 2. The highest BCUT2D eigenvalue weighted by Gasteiger charge is 2.17. The van der Waals surface area contributed by atoms with Crippen LogP contribution < -0.4 is 11.5 Å². The molecule has 0 spiro atoms. The molecular formula is C20H22N10O4.